The molecular formula is C17H17ClNO8+. The van der Waals surface area contributed by atoms with E-state index in [1.807, 2.05) is 53.2 Å². The van der Waals surface area contributed by atoms with Gasteiger partial charge in [0.2, 0.25) is 0 Å². The second-order valence-corrected chi connectivity index (χ2v) is 7.11. The monoisotopic (exact) mass is 398 g/mol. The van der Waals surface area contributed by atoms with Gasteiger partial charge >= 0.3 is 40.8 Å². The van der Waals surface area contributed by atoms with E-state index >= 15 is 0 Å². The van der Waals surface area contributed by atoms with E-state index in [4.69, 9.17) is 18.6 Å². The number of hydrogen-bond acceptors (Lipinski definition) is 6. The fourth-order valence-corrected chi connectivity index (χ4v) is 4.09. The van der Waals surface area contributed by atoms with Crippen LogP contribution in [0, 0.1) is 22.1 Å². The number of rotatable bonds is 2. The summed E-state index contributed by atoms with van der Waals surface area (Å²) in [6.45, 7) is 0. The summed E-state index contributed by atoms with van der Waals surface area (Å²) in [4.78, 5) is 23.6. The standard InChI is InChI=1S/C17H13NO4.ClH3O4/c19-16(20)13-12-9-5-1-2-6-10(9)15(14(13)17(21)22)18-8-4-3-7-11(12)18;2-1(3,4)5/h1-8,12-15H,(H-,19,20,21,22);2-4H/p+1. The first-order valence-corrected chi connectivity index (χ1v) is 9.14. The van der Waals surface area contributed by atoms with Crippen LogP contribution in [0.4, 0.5) is 0 Å². The van der Waals surface area contributed by atoms with Gasteiger partial charge in [-0.2, -0.15) is 4.57 Å². The molecule has 9 nitrogen and oxygen atoms in total. The molecule has 10 heteroatoms. The van der Waals surface area contributed by atoms with Crippen LogP contribution in [0.5, 0.6) is 0 Å². The summed E-state index contributed by atoms with van der Waals surface area (Å²) in [5.41, 5.74) is 2.72. The predicted molar refractivity (Wildman–Crippen MR) is 82.0 cm³/mol. The molecule has 0 radical (unpaired) electrons. The van der Waals surface area contributed by atoms with Crippen LogP contribution in [0.3, 0.4) is 0 Å². The molecule has 1 aromatic carbocycles. The molecule has 144 valence electrons. The third-order valence-electron chi connectivity index (χ3n) is 4.85. The van der Waals surface area contributed by atoms with E-state index in [2.05, 4.69) is 0 Å². The van der Waals surface area contributed by atoms with Crippen LogP contribution in [-0.2, 0) is 9.59 Å². The van der Waals surface area contributed by atoms with Crippen LogP contribution in [0.25, 0.3) is 0 Å². The summed E-state index contributed by atoms with van der Waals surface area (Å²) in [6.07, 6.45) is 1.84. The number of fused-ring (bicyclic) bond motifs is 1. The molecule has 4 atom stereocenters. The Bertz CT molecular complexity index is 777. The van der Waals surface area contributed by atoms with Crippen LogP contribution < -0.4 is 9.23 Å². The van der Waals surface area contributed by atoms with Crippen molar-refractivity contribution < 1.29 is 53.2 Å². The molecular weight excluding hydrogens is 382 g/mol. The molecule has 5 rings (SSSR count). The number of aromatic nitrogens is 1. The van der Waals surface area contributed by atoms with Gasteiger partial charge < -0.3 is 10.2 Å². The summed E-state index contributed by atoms with van der Waals surface area (Å²) in [7, 11) is -4.19. The van der Waals surface area contributed by atoms with Crippen LogP contribution in [0.1, 0.15) is 28.8 Å². The van der Waals surface area contributed by atoms with E-state index < -0.39 is 46.0 Å². The first-order valence-electron chi connectivity index (χ1n) is 7.82. The molecule has 1 aromatic heterocycles. The van der Waals surface area contributed by atoms with E-state index in [0.29, 0.717) is 0 Å². The summed E-state index contributed by atoms with van der Waals surface area (Å²) >= 11 is 0. The minimum atomic E-state index is -4.19. The maximum absolute atomic E-state index is 11.8. The van der Waals surface area contributed by atoms with E-state index in [-0.39, 0.29) is 0 Å². The molecule has 2 bridgehead atoms. The Morgan fingerprint density at radius 2 is 1.41 bits per heavy atom. The van der Waals surface area contributed by atoms with Crippen molar-refractivity contribution in [3.8, 4) is 0 Å². The minimum absolute atomic E-state index is 0.430. The predicted octanol–water partition coefficient (Wildman–Crippen LogP) is -1.44. The van der Waals surface area contributed by atoms with Crippen molar-refractivity contribution in [3.63, 3.8) is 0 Å². The van der Waals surface area contributed by atoms with Crippen molar-refractivity contribution in [2.75, 3.05) is 0 Å². The molecule has 0 spiro atoms. The first kappa shape index (κ1) is 19.2. The molecule has 0 amide bonds. The van der Waals surface area contributed by atoms with Gasteiger partial charge in [-0.25, -0.2) is 0 Å². The van der Waals surface area contributed by atoms with Crippen LogP contribution in [0.2, 0.25) is 0 Å². The Labute approximate surface area is 155 Å². The summed E-state index contributed by atoms with van der Waals surface area (Å²) in [6, 6.07) is 12.7. The first-order chi connectivity index (χ1) is 12.6. The quantitative estimate of drug-likeness (QED) is 0.384. The number of carbonyl (C=O) groups is 2. The van der Waals surface area contributed by atoms with Gasteiger partial charge in [0.05, 0.1) is 11.8 Å². The zero-order chi connectivity index (χ0) is 19.9. The van der Waals surface area contributed by atoms with Crippen molar-refractivity contribution in [1.82, 2.24) is 0 Å². The summed E-state index contributed by atoms with van der Waals surface area (Å²) in [5, 5.41) is 19.3. The average molecular weight is 399 g/mol. The topological polar surface area (TPSA) is 162 Å². The van der Waals surface area contributed by atoms with E-state index in [0.717, 1.165) is 16.8 Å². The Balaban J connectivity index is 0.000000376. The average Bonchev–Trinajstić information content (AvgIpc) is 2.59. The zero-order valence-corrected chi connectivity index (χ0v) is 14.5. The number of carboxylic acid groups (broad SMARTS) is 2. The number of halogens is 1. The van der Waals surface area contributed by atoms with Gasteiger partial charge in [0.25, 0.3) is 0 Å². The van der Waals surface area contributed by atoms with Crippen LogP contribution >= 0.6 is 0 Å². The van der Waals surface area contributed by atoms with Gasteiger partial charge in [-0.15, -0.1) is 0 Å². The Morgan fingerprint density at radius 3 is 1.96 bits per heavy atom. The van der Waals surface area contributed by atoms with Crippen molar-refractivity contribution in [2.45, 2.75) is 12.0 Å². The number of nitrogens with zero attached hydrogens (tertiary/aromatic N) is 1. The number of pyridine rings is 1. The second-order valence-electron chi connectivity index (χ2n) is 6.25. The Morgan fingerprint density at radius 1 is 0.889 bits per heavy atom. The van der Waals surface area contributed by atoms with Gasteiger partial charge in [0.1, 0.15) is 5.92 Å². The van der Waals surface area contributed by atoms with Crippen molar-refractivity contribution in [2.24, 2.45) is 11.8 Å². The SMILES string of the molecule is O=C(O)C1C2c3ccccc3C(C1C(=O)O)[n+]1ccccc12.[O-][Cl+](O)(O)O. The van der Waals surface area contributed by atoms with Crippen molar-refractivity contribution in [1.29, 1.82) is 0 Å². The molecule has 5 N–H and O–H groups in total. The third kappa shape index (κ3) is 3.51. The third-order valence-corrected chi connectivity index (χ3v) is 4.85. The second kappa shape index (κ2) is 6.87. The Kier molecular flexibility index (Phi) is 4.89. The molecule has 0 fully saturated rings. The molecule has 1 aliphatic carbocycles. The molecule has 0 saturated carbocycles. The van der Waals surface area contributed by atoms with Gasteiger partial charge in [-0.05, 0) is 5.56 Å². The summed E-state index contributed by atoms with van der Waals surface area (Å²) in [5.74, 6) is -4.44. The number of carboxylic acids is 2. The molecule has 2 aliphatic heterocycles. The molecule has 2 aromatic rings. The van der Waals surface area contributed by atoms with Gasteiger partial charge in [-0.1, -0.05) is 30.3 Å². The molecule has 3 heterocycles. The van der Waals surface area contributed by atoms with Crippen LogP contribution in [-0.4, -0.2) is 36.1 Å². The molecule has 27 heavy (non-hydrogen) atoms. The molecule has 0 saturated heterocycles. The van der Waals surface area contributed by atoms with E-state index in [1.165, 1.54) is 0 Å². The molecule has 4 unspecified atom stereocenters. The van der Waals surface area contributed by atoms with Gasteiger partial charge in [0, 0.05) is 17.7 Å². The number of hydrogen-bond donors (Lipinski definition) is 5. The normalized spacial score (nSPS) is 25.5. The number of aliphatic carboxylic acids is 2. The molecule has 3 aliphatic rings. The van der Waals surface area contributed by atoms with Crippen LogP contribution in [0.15, 0.2) is 48.7 Å². The Hall–Kier alpha value is -2.56. The van der Waals surface area contributed by atoms with Crippen molar-refractivity contribution >= 4 is 11.9 Å². The van der Waals surface area contributed by atoms with Gasteiger partial charge in [0.15, 0.2) is 17.9 Å². The fourth-order valence-electron chi connectivity index (χ4n) is 4.09. The number of benzene rings is 1. The van der Waals surface area contributed by atoms with E-state index in [1.54, 1.807) is 0 Å². The van der Waals surface area contributed by atoms with Crippen molar-refractivity contribution in [3.05, 3.63) is 65.5 Å². The zero-order valence-electron chi connectivity index (χ0n) is 13.7. The summed E-state index contributed by atoms with van der Waals surface area (Å²) < 4.78 is 32.1. The van der Waals surface area contributed by atoms with E-state index in [9.17, 15) is 19.8 Å². The fraction of sp³-hybridized carbons (Fsp3) is 0.235. The van der Waals surface area contributed by atoms with Gasteiger partial charge in [-0.3, -0.25) is 9.59 Å². The maximum atomic E-state index is 11.8.